The minimum absolute atomic E-state index is 0.0337. The van der Waals surface area contributed by atoms with E-state index >= 15 is 0 Å². The van der Waals surface area contributed by atoms with E-state index in [0.29, 0.717) is 17.2 Å². The second-order valence-corrected chi connectivity index (χ2v) is 4.73. The number of hydrogen-bond acceptors (Lipinski definition) is 3. The fourth-order valence-corrected chi connectivity index (χ4v) is 2.15. The van der Waals surface area contributed by atoms with Gasteiger partial charge in [-0.3, -0.25) is 4.79 Å². The molecule has 1 amide bonds. The maximum atomic E-state index is 12.0. The van der Waals surface area contributed by atoms with Crippen LogP contribution in [-0.2, 0) is 6.54 Å². The summed E-state index contributed by atoms with van der Waals surface area (Å²) in [5, 5.41) is 0. The van der Waals surface area contributed by atoms with Crippen molar-refractivity contribution in [1.29, 1.82) is 0 Å². The zero-order chi connectivity index (χ0) is 14.1. The topological polar surface area (TPSA) is 64.2 Å². The number of pyridine rings is 1. The third-order valence-electron chi connectivity index (χ3n) is 3.24. The standard InChI is InChI=1S/C15H14N4O/c1-18-7-8-19-10-11(9-13(19)15(18)20)5-6-12-3-2-4-14(16)17-12/h2-4,9-10H,7-8H2,1H3,(H2,16,17). The summed E-state index contributed by atoms with van der Waals surface area (Å²) in [6.07, 6.45) is 1.90. The van der Waals surface area contributed by atoms with Crippen LogP contribution in [0.2, 0.25) is 0 Å². The number of rotatable bonds is 0. The molecule has 0 unspecified atom stereocenters. The summed E-state index contributed by atoms with van der Waals surface area (Å²) < 4.78 is 1.94. The van der Waals surface area contributed by atoms with Gasteiger partial charge in [-0.2, -0.15) is 0 Å². The molecule has 0 saturated heterocycles. The number of anilines is 1. The number of nitrogens with two attached hydrogens (primary N) is 1. The molecule has 20 heavy (non-hydrogen) atoms. The largest absolute Gasteiger partial charge is 0.384 e. The van der Waals surface area contributed by atoms with Crippen molar-refractivity contribution in [2.75, 3.05) is 19.3 Å². The maximum absolute atomic E-state index is 12.0. The number of amides is 1. The molecule has 0 aromatic carbocycles. The molecule has 3 heterocycles. The normalized spacial score (nSPS) is 13.7. The molecular weight excluding hydrogens is 252 g/mol. The Morgan fingerprint density at radius 3 is 2.95 bits per heavy atom. The van der Waals surface area contributed by atoms with Gasteiger partial charge < -0.3 is 15.2 Å². The third-order valence-corrected chi connectivity index (χ3v) is 3.24. The van der Waals surface area contributed by atoms with Gasteiger partial charge in [-0.15, -0.1) is 0 Å². The van der Waals surface area contributed by atoms with Crippen molar-refractivity contribution in [2.45, 2.75) is 6.54 Å². The van der Waals surface area contributed by atoms with Gasteiger partial charge in [0.2, 0.25) is 0 Å². The monoisotopic (exact) mass is 266 g/mol. The Bertz CT molecular complexity index is 736. The molecule has 3 rings (SSSR count). The highest BCUT2D eigenvalue weighted by atomic mass is 16.2. The fraction of sp³-hybridized carbons (Fsp3) is 0.200. The van der Waals surface area contributed by atoms with Crippen molar-refractivity contribution < 1.29 is 4.79 Å². The van der Waals surface area contributed by atoms with Crippen LogP contribution in [0.25, 0.3) is 0 Å². The van der Waals surface area contributed by atoms with Gasteiger partial charge in [0.05, 0.1) is 0 Å². The molecule has 0 fully saturated rings. The minimum Gasteiger partial charge on any atom is -0.384 e. The van der Waals surface area contributed by atoms with E-state index in [0.717, 1.165) is 18.7 Å². The first-order valence-corrected chi connectivity index (χ1v) is 6.34. The van der Waals surface area contributed by atoms with Gasteiger partial charge in [-0.1, -0.05) is 12.0 Å². The summed E-state index contributed by atoms with van der Waals surface area (Å²) in [4.78, 5) is 17.8. The number of aromatic nitrogens is 2. The number of fused-ring (bicyclic) bond motifs is 1. The zero-order valence-electron chi connectivity index (χ0n) is 11.1. The highest BCUT2D eigenvalue weighted by Gasteiger charge is 2.21. The lowest BCUT2D eigenvalue weighted by Crippen LogP contribution is -2.36. The lowest BCUT2D eigenvalue weighted by Gasteiger charge is -2.23. The van der Waals surface area contributed by atoms with Gasteiger partial charge in [0.15, 0.2) is 0 Å². The number of carbonyl (C=O) groups is 1. The van der Waals surface area contributed by atoms with Crippen LogP contribution in [0.3, 0.4) is 0 Å². The van der Waals surface area contributed by atoms with Crippen molar-refractivity contribution in [3.8, 4) is 11.8 Å². The van der Waals surface area contributed by atoms with Crippen molar-refractivity contribution in [3.05, 3.63) is 47.4 Å². The zero-order valence-corrected chi connectivity index (χ0v) is 11.1. The summed E-state index contributed by atoms with van der Waals surface area (Å²) in [6, 6.07) is 7.15. The first kappa shape index (κ1) is 12.3. The molecule has 5 heteroatoms. The van der Waals surface area contributed by atoms with Crippen molar-refractivity contribution in [3.63, 3.8) is 0 Å². The molecule has 1 aliphatic rings. The van der Waals surface area contributed by atoms with E-state index in [9.17, 15) is 4.79 Å². The Morgan fingerprint density at radius 2 is 2.15 bits per heavy atom. The number of carbonyl (C=O) groups excluding carboxylic acids is 1. The smallest absolute Gasteiger partial charge is 0.270 e. The van der Waals surface area contributed by atoms with E-state index in [4.69, 9.17) is 5.73 Å². The van der Waals surface area contributed by atoms with E-state index in [2.05, 4.69) is 16.8 Å². The molecule has 0 spiro atoms. The molecule has 0 aliphatic carbocycles. The summed E-state index contributed by atoms with van der Waals surface area (Å²) in [6.45, 7) is 1.53. The first-order valence-electron chi connectivity index (χ1n) is 6.34. The molecule has 5 nitrogen and oxygen atoms in total. The second kappa shape index (κ2) is 4.74. The number of nitrogen functional groups attached to an aromatic ring is 1. The van der Waals surface area contributed by atoms with Gasteiger partial charge in [-0.25, -0.2) is 4.98 Å². The van der Waals surface area contributed by atoms with Crippen molar-refractivity contribution in [1.82, 2.24) is 14.5 Å². The molecule has 0 bridgehead atoms. The van der Waals surface area contributed by atoms with Crippen LogP contribution in [0.5, 0.6) is 0 Å². The number of likely N-dealkylation sites (N-methyl/N-ethyl adjacent to an activating group) is 1. The molecule has 2 N–H and O–H groups in total. The third kappa shape index (κ3) is 2.24. The molecule has 1 aliphatic heterocycles. The van der Waals surface area contributed by atoms with E-state index in [-0.39, 0.29) is 5.91 Å². The van der Waals surface area contributed by atoms with Crippen LogP contribution in [0.4, 0.5) is 5.82 Å². The molecular formula is C15H14N4O. The van der Waals surface area contributed by atoms with Crippen molar-refractivity contribution >= 4 is 11.7 Å². The van der Waals surface area contributed by atoms with Crippen LogP contribution in [0.15, 0.2) is 30.5 Å². The Kier molecular flexibility index (Phi) is 2.92. The summed E-state index contributed by atoms with van der Waals surface area (Å²) >= 11 is 0. The van der Waals surface area contributed by atoms with Gasteiger partial charge >= 0.3 is 0 Å². The highest BCUT2D eigenvalue weighted by molar-refractivity contribution is 5.93. The Labute approximate surface area is 117 Å². The van der Waals surface area contributed by atoms with E-state index < -0.39 is 0 Å². The molecule has 2 aromatic rings. The van der Waals surface area contributed by atoms with E-state index in [1.807, 2.05) is 22.9 Å². The summed E-state index contributed by atoms with van der Waals surface area (Å²) in [7, 11) is 1.81. The Hall–Kier alpha value is -2.74. The summed E-state index contributed by atoms with van der Waals surface area (Å²) in [5.74, 6) is 6.46. The lowest BCUT2D eigenvalue weighted by atomic mass is 10.2. The van der Waals surface area contributed by atoms with Crippen molar-refractivity contribution in [2.24, 2.45) is 0 Å². The number of hydrogen-bond donors (Lipinski definition) is 1. The van der Waals surface area contributed by atoms with Crippen LogP contribution in [0, 0.1) is 11.8 Å². The quantitative estimate of drug-likeness (QED) is 0.722. The average molecular weight is 266 g/mol. The lowest BCUT2D eigenvalue weighted by molar-refractivity contribution is 0.0749. The molecule has 0 saturated carbocycles. The van der Waals surface area contributed by atoms with Gasteiger partial charge in [-0.05, 0) is 24.1 Å². The maximum Gasteiger partial charge on any atom is 0.270 e. The fourth-order valence-electron chi connectivity index (χ4n) is 2.15. The predicted molar refractivity (Wildman–Crippen MR) is 76.0 cm³/mol. The molecule has 0 atom stereocenters. The molecule has 2 aromatic heterocycles. The Morgan fingerprint density at radius 1 is 1.30 bits per heavy atom. The van der Waals surface area contributed by atoms with Crippen LogP contribution >= 0.6 is 0 Å². The second-order valence-electron chi connectivity index (χ2n) is 4.73. The molecule has 0 radical (unpaired) electrons. The summed E-state index contributed by atoms with van der Waals surface area (Å²) in [5.41, 5.74) is 7.73. The van der Waals surface area contributed by atoms with Crippen LogP contribution < -0.4 is 5.73 Å². The molecule has 100 valence electrons. The minimum atomic E-state index is 0.0337. The van der Waals surface area contributed by atoms with E-state index in [1.54, 1.807) is 24.1 Å². The first-order chi connectivity index (χ1) is 9.63. The van der Waals surface area contributed by atoms with Gasteiger partial charge in [0.1, 0.15) is 17.2 Å². The van der Waals surface area contributed by atoms with Crippen LogP contribution in [0.1, 0.15) is 21.7 Å². The van der Waals surface area contributed by atoms with Crippen LogP contribution in [-0.4, -0.2) is 34.0 Å². The SMILES string of the molecule is CN1CCn2cc(C#Cc3cccc(N)n3)cc2C1=O. The average Bonchev–Trinajstić information content (AvgIpc) is 2.85. The van der Waals surface area contributed by atoms with Gasteiger partial charge in [0, 0.05) is 31.9 Å². The van der Waals surface area contributed by atoms with E-state index in [1.165, 1.54) is 0 Å². The highest BCUT2D eigenvalue weighted by Crippen LogP contribution is 2.14. The number of nitrogens with zero attached hydrogens (tertiary/aromatic N) is 3. The van der Waals surface area contributed by atoms with Gasteiger partial charge in [0.25, 0.3) is 5.91 Å². The Balaban J connectivity index is 1.91. The predicted octanol–water partition coefficient (Wildman–Crippen LogP) is 0.951.